The van der Waals surface area contributed by atoms with Crippen LogP contribution >= 0.6 is 0 Å². The van der Waals surface area contributed by atoms with Gasteiger partial charge in [0.1, 0.15) is 0 Å². The zero-order valence-corrected chi connectivity index (χ0v) is 11.5. The number of rotatable bonds is 5. The second-order valence-corrected chi connectivity index (χ2v) is 4.05. The summed E-state index contributed by atoms with van der Waals surface area (Å²) in [4.78, 5) is 10.7. The van der Waals surface area contributed by atoms with E-state index in [4.69, 9.17) is 0 Å². The number of allylic oxidation sites excluding steroid dienone is 4. The van der Waals surface area contributed by atoms with Gasteiger partial charge in [0.25, 0.3) is 0 Å². The summed E-state index contributed by atoms with van der Waals surface area (Å²) < 4.78 is 0. The normalized spacial score (nSPS) is 11.6. The van der Waals surface area contributed by atoms with Crippen molar-refractivity contribution in [3.63, 3.8) is 0 Å². The van der Waals surface area contributed by atoms with Crippen LogP contribution in [-0.4, -0.2) is 9.97 Å². The van der Waals surface area contributed by atoms with Gasteiger partial charge in [0, 0.05) is 23.8 Å². The average Bonchev–Trinajstić information content (AvgIpc) is 2.50. The molecule has 0 atom stereocenters. The first kappa shape index (κ1) is 13.7. The lowest BCUT2D eigenvalue weighted by Gasteiger charge is -2.23. The second-order valence-electron chi connectivity index (χ2n) is 4.05. The van der Waals surface area contributed by atoms with Gasteiger partial charge in [-0.1, -0.05) is 36.9 Å². The SMILES string of the molecule is C=C/C=C(\C=C/C)N(c1ccccc1)c1ncccn1. The lowest BCUT2D eigenvalue weighted by Crippen LogP contribution is -2.17. The van der Waals surface area contributed by atoms with Crippen LogP contribution in [0.4, 0.5) is 11.6 Å². The number of anilines is 2. The molecule has 0 bridgehead atoms. The Morgan fingerprint density at radius 3 is 2.40 bits per heavy atom. The Hall–Kier alpha value is -2.68. The van der Waals surface area contributed by atoms with Crippen molar-refractivity contribution in [1.29, 1.82) is 0 Å². The fourth-order valence-corrected chi connectivity index (χ4v) is 1.86. The highest BCUT2D eigenvalue weighted by Gasteiger charge is 2.14. The fraction of sp³-hybridized carbons (Fsp3) is 0.0588. The molecule has 3 heteroatoms. The monoisotopic (exact) mass is 263 g/mol. The van der Waals surface area contributed by atoms with Crippen molar-refractivity contribution >= 4 is 11.6 Å². The minimum Gasteiger partial charge on any atom is -0.279 e. The Kier molecular flexibility index (Phi) is 4.84. The van der Waals surface area contributed by atoms with E-state index < -0.39 is 0 Å². The van der Waals surface area contributed by atoms with Crippen molar-refractivity contribution in [2.24, 2.45) is 0 Å². The van der Waals surface area contributed by atoms with Crippen molar-refractivity contribution in [2.75, 3.05) is 4.90 Å². The van der Waals surface area contributed by atoms with E-state index in [0.29, 0.717) is 5.95 Å². The number of hydrogen-bond acceptors (Lipinski definition) is 3. The molecular formula is C17H17N3. The van der Waals surface area contributed by atoms with Gasteiger partial charge >= 0.3 is 0 Å². The van der Waals surface area contributed by atoms with Crippen LogP contribution in [0.15, 0.2) is 85.4 Å². The van der Waals surface area contributed by atoms with Crippen molar-refractivity contribution in [2.45, 2.75) is 6.92 Å². The third-order valence-corrected chi connectivity index (χ3v) is 2.65. The van der Waals surface area contributed by atoms with E-state index in [1.54, 1.807) is 24.5 Å². The van der Waals surface area contributed by atoms with Crippen LogP contribution in [0.3, 0.4) is 0 Å². The number of benzene rings is 1. The van der Waals surface area contributed by atoms with Crippen molar-refractivity contribution in [1.82, 2.24) is 9.97 Å². The molecule has 3 nitrogen and oxygen atoms in total. The fourth-order valence-electron chi connectivity index (χ4n) is 1.86. The van der Waals surface area contributed by atoms with Gasteiger partial charge in [0.15, 0.2) is 0 Å². The first-order valence-electron chi connectivity index (χ1n) is 6.44. The second kappa shape index (κ2) is 7.04. The summed E-state index contributed by atoms with van der Waals surface area (Å²) in [6, 6.07) is 11.8. The van der Waals surface area contributed by atoms with Gasteiger partial charge in [-0.2, -0.15) is 0 Å². The molecular weight excluding hydrogens is 246 g/mol. The predicted molar refractivity (Wildman–Crippen MR) is 83.7 cm³/mol. The van der Waals surface area contributed by atoms with Gasteiger partial charge in [0.2, 0.25) is 5.95 Å². The van der Waals surface area contributed by atoms with Crippen LogP contribution in [0, 0.1) is 0 Å². The highest BCUT2D eigenvalue weighted by Crippen LogP contribution is 2.26. The van der Waals surface area contributed by atoms with Gasteiger partial charge in [-0.05, 0) is 37.3 Å². The third kappa shape index (κ3) is 3.20. The summed E-state index contributed by atoms with van der Waals surface area (Å²) in [5.41, 5.74) is 1.96. The van der Waals surface area contributed by atoms with E-state index in [-0.39, 0.29) is 0 Å². The maximum atomic E-state index is 4.35. The minimum absolute atomic E-state index is 0.630. The van der Waals surface area contributed by atoms with Crippen LogP contribution < -0.4 is 4.90 Å². The van der Waals surface area contributed by atoms with E-state index >= 15 is 0 Å². The van der Waals surface area contributed by atoms with Crippen LogP contribution in [0.5, 0.6) is 0 Å². The molecule has 0 saturated heterocycles. The first-order chi connectivity index (χ1) is 9.86. The number of nitrogens with zero attached hydrogens (tertiary/aromatic N) is 3. The maximum absolute atomic E-state index is 4.35. The molecule has 2 rings (SSSR count). The lowest BCUT2D eigenvalue weighted by molar-refractivity contribution is 1.05. The topological polar surface area (TPSA) is 29.0 Å². The van der Waals surface area contributed by atoms with E-state index in [0.717, 1.165) is 11.4 Å². The maximum Gasteiger partial charge on any atom is 0.234 e. The molecule has 0 radical (unpaired) electrons. The van der Waals surface area contributed by atoms with Gasteiger partial charge in [-0.25, -0.2) is 9.97 Å². The lowest BCUT2D eigenvalue weighted by atomic mass is 10.2. The summed E-state index contributed by atoms with van der Waals surface area (Å²) in [7, 11) is 0. The Labute approximate surface area is 119 Å². The molecule has 100 valence electrons. The van der Waals surface area contributed by atoms with Crippen LogP contribution in [0.2, 0.25) is 0 Å². The molecule has 0 fully saturated rings. The van der Waals surface area contributed by atoms with E-state index in [1.165, 1.54) is 0 Å². The van der Waals surface area contributed by atoms with Crippen LogP contribution in [0.25, 0.3) is 0 Å². The zero-order valence-electron chi connectivity index (χ0n) is 11.5. The largest absolute Gasteiger partial charge is 0.279 e. The molecule has 1 aromatic heterocycles. The smallest absolute Gasteiger partial charge is 0.234 e. The molecule has 0 aliphatic rings. The average molecular weight is 263 g/mol. The highest BCUT2D eigenvalue weighted by molar-refractivity contribution is 5.65. The van der Waals surface area contributed by atoms with Crippen molar-refractivity contribution in [3.05, 3.63) is 85.4 Å². The summed E-state index contributed by atoms with van der Waals surface area (Å²) in [6.45, 7) is 5.75. The molecule has 0 aliphatic heterocycles. The standard InChI is InChI=1S/C17H17N3/c1-3-9-15(10-4-2)20(16-11-6-5-7-12-16)17-18-13-8-14-19-17/h3-14H,1H2,2H3/b10-4-,15-9+. The molecule has 0 unspecified atom stereocenters. The summed E-state index contributed by atoms with van der Waals surface area (Å²) in [6.07, 6.45) is 11.1. The molecule has 0 amide bonds. The highest BCUT2D eigenvalue weighted by atomic mass is 15.3. The summed E-state index contributed by atoms with van der Waals surface area (Å²) in [5.74, 6) is 0.630. The Balaban J connectivity index is 2.55. The molecule has 20 heavy (non-hydrogen) atoms. The summed E-state index contributed by atoms with van der Waals surface area (Å²) in [5, 5.41) is 0. The van der Waals surface area contributed by atoms with Gasteiger partial charge < -0.3 is 0 Å². The minimum atomic E-state index is 0.630. The summed E-state index contributed by atoms with van der Waals surface area (Å²) >= 11 is 0. The quantitative estimate of drug-likeness (QED) is 0.755. The van der Waals surface area contributed by atoms with Crippen molar-refractivity contribution in [3.8, 4) is 0 Å². The van der Waals surface area contributed by atoms with Gasteiger partial charge in [0.05, 0.1) is 0 Å². The van der Waals surface area contributed by atoms with Crippen molar-refractivity contribution < 1.29 is 0 Å². The number of para-hydroxylation sites is 1. The Bertz CT molecular complexity index is 561. The van der Waals surface area contributed by atoms with E-state index in [2.05, 4.69) is 16.5 Å². The van der Waals surface area contributed by atoms with Gasteiger partial charge in [-0.15, -0.1) is 0 Å². The Morgan fingerprint density at radius 1 is 1.10 bits per heavy atom. The van der Waals surface area contributed by atoms with E-state index in [1.807, 2.05) is 60.4 Å². The number of hydrogen-bond donors (Lipinski definition) is 0. The molecule has 0 aliphatic carbocycles. The van der Waals surface area contributed by atoms with Gasteiger partial charge in [-0.3, -0.25) is 4.90 Å². The molecule has 2 aromatic rings. The molecule has 0 spiro atoms. The predicted octanol–water partition coefficient (Wildman–Crippen LogP) is 4.26. The first-order valence-corrected chi connectivity index (χ1v) is 6.44. The van der Waals surface area contributed by atoms with E-state index in [9.17, 15) is 0 Å². The Morgan fingerprint density at radius 2 is 1.80 bits per heavy atom. The molecule has 0 saturated carbocycles. The molecule has 1 heterocycles. The number of aromatic nitrogens is 2. The zero-order chi connectivity index (χ0) is 14.2. The molecule has 0 N–H and O–H groups in total. The van der Waals surface area contributed by atoms with Crippen LogP contribution in [-0.2, 0) is 0 Å². The van der Waals surface area contributed by atoms with Crippen LogP contribution in [0.1, 0.15) is 6.92 Å². The molecule has 1 aromatic carbocycles. The third-order valence-electron chi connectivity index (χ3n) is 2.65.